The van der Waals surface area contributed by atoms with E-state index >= 15 is 0 Å². The largest absolute Gasteiger partial charge is 0.338 e. The van der Waals surface area contributed by atoms with Crippen LogP contribution in [0, 0.1) is 5.82 Å². The number of nitrogens with zero attached hydrogens (tertiary/aromatic N) is 3. The normalized spacial score (nSPS) is 14.7. The summed E-state index contributed by atoms with van der Waals surface area (Å²) in [5.41, 5.74) is 0.218. The number of rotatable bonds is 6. The third kappa shape index (κ3) is 3.73. The van der Waals surface area contributed by atoms with Crippen LogP contribution < -0.4 is 9.80 Å². The first kappa shape index (κ1) is 18.4. The molecule has 1 aromatic heterocycles. The van der Waals surface area contributed by atoms with Gasteiger partial charge in [0.25, 0.3) is 0 Å². The topological polar surface area (TPSA) is 75.0 Å². The number of hydrogen-bond donors (Lipinski definition) is 1. The monoisotopic (exact) mass is 379 g/mol. The summed E-state index contributed by atoms with van der Waals surface area (Å²) >= 11 is 1.22. The Hall–Kier alpha value is -2.39. The van der Waals surface area contributed by atoms with Crippen molar-refractivity contribution in [2.45, 2.75) is 12.8 Å². The van der Waals surface area contributed by atoms with E-state index in [0.29, 0.717) is 22.9 Å². The molecule has 1 N–H and O–H groups in total. The minimum Gasteiger partial charge on any atom is -0.338 e. The van der Waals surface area contributed by atoms with Gasteiger partial charge in [0.1, 0.15) is 17.9 Å². The van der Waals surface area contributed by atoms with Crippen molar-refractivity contribution in [3.8, 4) is 0 Å². The van der Waals surface area contributed by atoms with E-state index in [1.165, 1.54) is 22.3 Å². The van der Waals surface area contributed by atoms with Gasteiger partial charge in [-0.3, -0.25) is 24.2 Å². The molecule has 1 fully saturated rings. The second-order valence-electron chi connectivity index (χ2n) is 6.46. The maximum Gasteiger partial charge on any atom is 0.249 e. The molecule has 1 aliphatic rings. The van der Waals surface area contributed by atoms with Crippen LogP contribution in [-0.4, -0.2) is 61.3 Å². The number of imide groups is 1. The Labute approximate surface area is 154 Å². The van der Waals surface area contributed by atoms with E-state index in [9.17, 15) is 18.8 Å². The molecule has 2 heterocycles. The van der Waals surface area contributed by atoms with Gasteiger partial charge < -0.3 is 4.90 Å². The first-order chi connectivity index (χ1) is 12.4. The molecule has 0 spiro atoms. The van der Waals surface area contributed by atoms with Crippen LogP contribution in [0.25, 0.3) is 10.2 Å². The molecule has 1 aliphatic heterocycles. The molecule has 0 radical (unpaired) electrons. The van der Waals surface area contributed by atoms with Crippen LogP contribution in [0.4, 0.5) is 9.52 Å². The van der Waals surface area contributed by atoms with Crippen LogP contribution in [0.1, 0.15) is 12.8 Å². The molecular weight excluding hydrogens is 359 g/mol. The Morgan fingerprint density at radius 2 is 2.00 bits per heavy atom. The van der Waals surface area contributed by atoms with Crippen molar-refractivity contribution < 1.29 is 23.7 Å². The zero-order valence-electron chi connectivity index (χ0n) is 14.6. The van der Waals surface area contributed by atoms with Gasteiger partial charge in [-0.05, 0) is 12.1 Å². The van der Waals surface area contributed by atoms with Gasteiger partial charge in [-0.15, -0.1) is 0 Å². The average molecular weight is 379 g/mol. The maximum atomic E-state index is 13.9. The number of amides is 3. The number of likely N-dealkylation sites (N-methyl/N-ethyl adjacent to an activating group) is 1. The summed E-state index contributed by atoms with van der Waals surface area (Å²) in [5.74, 6) is -1.51. The Bertz CT molecular complexity index is 851. The van der Waals surface area contributed by atoms with Crippen molar-refractivity contribution in [3.05, 3.63) is 24.0 Å². The summed E-state index contributed by atoms with van der Waals surface area (Å²) in [7, 11) is 3.91. The molecular formula is C17H20FN4O3S+. The fraction of sp³-hybridized carbons (Fsp3) is 0.412. The van der Waals surface area contributed by atoms with Gasteiger partial charge in [-0.25, -0.2) is 9.37 Å². The van der Waals surface area contributed by atoms with Gasteiger partial charge in [0.05, 0.1) is 31.9 Å². The van der Waals surface area contributed by atoms with Gasteiger partial charge in [0.15, 0.2) is 5.13 Å². The van der Waals surface area contributed by atoms with Crippen LogP contribution in [0.2, 0.25) is 0 Å². The number of anilines is 1. The number of carbonyl (C=O) groups excluding carboxylic acids is 3. The van der Waals surface area contributed by atoms with Crippen molar-refractivity contribution in [2.24, 2.45) is 0 Å². The standard InChI is InChI=1S/C17H19FN4O3S/c1-20(2)8-9-21(15(25)10-22-13(23)6-7-14(22)24)17-19-16-11(18)4-3-5-12(16)26-17/h3-5H,6-10H2,1-2H3/p+1. The van der Waals surface area contributed by atoms with Gasteiger partial charge in [-0.2, -0.15) is 0 Å². The number of para-hydroxylation sites is 1. The Morgan fingerprint density at radius 1 is 1.31 bits per heavy atom. The third-order valence-electron chi connectivity index (χ3n) is 4.17. The van der Waals surface area contributed by atoms with Crippen LogP contribution in [0.5, 0.6) is 0 Å². The maximum absolute atomic E-state index is 13.9. The fourth-order valence-corrected chi connectivity index (χ4v) is 3.72. The number of aromatic nitrogens is 1. The number of halogens is 1. The second-order valence-corrected chi connectivity index (χ2v) is 7.47. The van der Waals surface area contributed by atoms with Crippen LogP contribution >= 0.6 is 11.3 Å². The highest BCUT2D eigenvalue weighted by Crippen LogP contribution is 2.30. The van der Waals surface area contributed by atoms with Crippen molar-refractivity contribution in [1.82, 2.24) is 9.88 Å². The van der Waals surface area contributed by atoms with Crippen molar-refractivity contribution >= 4 is 44.4 Å². The van der Waals surface area contributed by atoms with E-state index in [1.54, 1.807) is 12.1 Å². The molecule has 0 aliphatic carbocycles. The zero-order valence-corrected chi connectivity index (χ0v) is 15.4. The summed E-state index contributed by atoms with van der Waals surface area (Å²) in [6, 6.07) is 4.66. The number of nitrogens with one attached hydrogen (secondary N) is 1. The number of thiazole rings is 1. The number of likely N-dealkylation sites (tertiary alicyclic amines) is 1. The van der Waals surface area contributed by atoms with Gasteiger partial charge in [0, 0.05) is 12.8 Å². The SMILES string of the molecule is C[NH+](C)CCN(C(=O)CN1C(=O)CCC1=O)c1nc2c(F)cccc2s1. The molecule has 0 unspecified atom stereocenters. The van der Waals surface area contributed by atoms with Gasteiger partial charge >= 0.3 is 0 Å². The second kappa shape index (κ2) is 7.46. The van der Waals surface area contributed by atoms with Crippen molar-refractivity contribution in [1.29, 1.82) is 0 Å². The smallest absolute Gasteiger partial charge is 0.249 e. The summed E-state index contributed by atoms with van der Waals surface area (Å²) in [4.78, 5) is 44.2. The van der Waals surface area contributed by atoms with Gasteiger partial charge in [-0.1, -0.05) is 17.4 Å². The van der Waals surface area contributed by atoms with E-state index in [4.69, 9.17) is 0 Å². The molecule has 26 heavy (non-hydrogen) atoms. The zero-order chi connectivity index (χ0) is 18.8. The van der Waals surface area contributed by atoms with Crippen molar-refractivity contribution in [2.75, 3.05) is 38.6 Å². The fourth-order valence-electron chi connectivity index (χ4n) is 2.70. The minimum atomic E-state index is -0.444. The molecule has 1 saturated heterocycles. The first-order valence-electron chi connectivity index (χ1n) is 8.34. The molecule has 1 aromatic carbocycles. The molecule has 138 valence electrons. The highest BCUT2D eigenvalue weighted by atomic mass is 32.1. The van der Waals surface area contributed by atoms with Crippen LogP contribution in [-0.2, 0) is 14.4 Å². The molecule has 0 saturated carbocycles. The van der Waals surface area contributed by atoms with E-state index < -0.39 is 11.7 Å². The van der Waals surface area contributed by atoms with E-state index in [0.717, 1.165) is 9.80 Å². The molecule has 9 heteroatoms. The lowest BCUT2D eigenvalue weighted by Crippen LogP contribution is -3.06. The van der Waals surface area contributed by atoms with Crippen molar-refractivity contribution in [3.63, 3.8) is 0 Å². The Kier molecular flexibility index (Phi) is 5.28. The predicted molar refractivity (Wildman–Crippen MR) is 95.6 cm³/mol. The Balaban J connectivity index is 1.88. The summed E-state index contributed by atoms with van der Waals surface area (Å²) < 4.78 is 14.6. The number of fused-ring (bicyclic) bond motifs is 1. The summed E-state index contributed by atoms with van der Waals surface area (Å²) in [6.45, 7) is 0.698. The summed E-state index contributed by atoms with van der Waals surface area (Å²) in [5, 5.41) is 0.371. The number of hydrogen-bond acceptors (Lipinski definition) is 5. The lowest BCUT2D eigenvalue weighted by molar-refractivity contribution is -0.856. The number of carbonyl (C=O) groups is 3. The predicted octanol–water partition coefficient (Wildman–Crippen LogP) is 0.0619. The van der Waals surface area contributed by atoms with E-state index in [-0.39, 0.29) is 36.7 Å². The molecule has 0 atom stereocenters. The van der Waals surface area contributed by atoms with Crippen LogP contribution in [0.3, 0.4) is 0 Å². The molecule has 2 aromatic rings. The van der Waals surface area contributed by atoms with E-state index in [1.807, 2.05) is 14.1 Å². The highest BCUT2D eigenvalue weighted by molar-refractivity contribution is 7.22. The Morgan fingerprint density at radius 3 is 2.62 bits per heavy atom. The summed E-state index contributed by atoms with van der Waals surface area (Å²) in [6.07, 6.45) is 0.278. The lowest BCUT2D eigenvalue weighted by Gasteiger charge is -2.23. The lowest BCUT2D eigenvalue weighted by atomic mass is 10.3. The minimum absolute atomic E-state index is 0.139. The van der Waals surface area contributed by atoms with Gasteiger partial charge in [0.2, 0.25) is 17.7 Å². The van der Waals surface area contributed by atoms with Crippen LogP contribution in [0.15, 0.2) is 18.2 Å². The first-order valence-corrected chi connectivity index (χ1v) is 9.16. The third-order valence-corrected chi connectivity index (χ3v) is 5.22. The molecule has 3 amide bonds. The molecule has 0 bridgehead atoms. The number of quaternary nitrogens is 1. The average Bonchev–Trinajstić information content (AvgIpc) is 3.14. The number of benzene rings is 1. The highest BCUT2D eigenvalue weighted by Gasteiger charge is 2.33. The van der Waals surface area contributed by atoms with E-state index in [2.05, 4.69) is 4.98 Å². The quantitative estimate of drug-likeness (QED) is 0.721. The molecule has 7 nitrogen and oxygen atoms in total. The molecule has 3 rings (SSSR count).